The summed E-state index contributed by atoms with van der Waals surface area (Å²) in [5.74, 6) is 3.30. The van der Waals surface area contributed by atoms with E-state index in [1.165, 1.54) is 5.57 Å². The Kier molecular flexibility index (Phi) is 4.85. The number of hydrogen-bond acceptors (Lipinski definition) is 2. The molecule has 94 valence electrons. The van der Waals surface area contributed by atoms with Crippen LogP contribution < -0.4 is 0 Å². The highest BCUT2D eigenvalue weighted by Crippen LogP contribution is 2.48. The zero-order valence-corrected chi connectivity index (χ0v) is 11.7. The van der Waals surface area contributed by atoms with E-state index >= 15 is 0 Å². The van der Waals surface area contributed by atoms with E-state index in [2.05, 4.69) is 45.6 Å². The lowest BCUT2D eigenvalue weighted by Crippen LogP contribution is -2.34. The van der Waals surface area contributed by atoms with Gasteiger partial charge in [0.2, 0.25) is 0 Å². The lowest BCUT2D eigenvalue weighted by atomic mass is 9.61. The highest BCUT2D eigenvalue weighted by molar-refractivity contribution is 7.80. The molecule has 0 bridgehead atoms. The molecule has 1 nitrogen and oxygen atoms in total. The molecule has 1 aliphatic carbocycles. The highest BCUT2D eigenvalue weighted by atomic mass is 32.1. The minimum absolute atomic E-state index is 0.118. The van der Waals surface area contributed by atoms with Gasteiger partial charge in [0.05, 0.1) is 0 Å². The van der Waals surface area contributed by atoms with E-state index in [0.717, 1.165) is 24.8 Å². The smallest absolute Gasteiger partial charge is 0.124 e. The number of rotatable bonds is 4. The van der Waals surface area contributed by atoms with Crippen LogP contribution in [0.2, 0.25) is 0 Å². The Balaban J connectivity index is 2.94. The molecule has 1 aliphatic rings. The molecule has 17 heavy (non-hydrogen) atoms. The molecule has 0 saturated heterocycles. The fourth-order valence-corrected chi connectivity index (χ4v) is 3.22. The minimum atomic E-state index is 0.118. The van der Waals surface area contributed by atoms with Crippen LogP contribution in [0.25, 0.3) is 0 Å². The average Bonchev–Trinajstić information content (AvgIpc) is 2.32. The van der Waals surface area contributed by atoms with Crippen LogP contribution in [0.1, 0.15) is 33.1 Å². The number of hydrogen-bond donors (Lipinski definition) is 1. The summed E-state index contributed by atoms with van der Waals surface area (Å²) in [5, 5.41) is 0. The van der Waals surface area contributed by atoms with Crippen LogP contribution >= 0.6 is 12.6 Å². The molecule has 0 N–H and O–H groups in total. The second kappa shape index (κ2) is 5.75. The van der Waals surface area contributed by atoms with Crippen molar-refractivity contribution < 1.29 is 4.79 Å². The maximum Gasteiger partial charge on any atom is 0.124 e. The van der Waals surface area contributed by atoms with E-state index in [-0.39, 0.29) is 5.41 Å². The van der Waals surface area contributed by atoms with Crippen LogP contribution in [0, 0.1) is 17.3 Å². The van der Waals surface area contributed by atoms with Gasteiger partial charge in [-0.1, -0.05) is 25.2 Å². The first-order chi connectivity index (χ1) is 7.98. The fraction of sp³-hybridized carbons (Fsp3) is 0.600. The Morgan fingerprint density at radius 3 is 2.71 bits per heavy atom. The van der Waals surface area contributed by atoms with Crippen molar-refractivity contribution in [3.63, 3.8) is 0 Å². The van der Waals surface area contributed by atoms with Crippen LogP contribution in [0.15, 0.2) is 30.4 Å². The van der Waals surface area contributed by atoms with Gasteiger partial charge < -0.3 is 0 Å². The third-order valence-corrected chi connectivity index (χ3v) is 4.54. The molecule has 0 aliphatic heterocycles. The van der Waals surface area contributed by atoms with Crippen molar-refractivity contribution in [2.24, 2.45) is 17.3 Å². The van der Waals surface area contributed by atoms with Crippen molar-refractivity contribution in [2.75, 3.05) is 5.75 Å². The zero-order chi connectivity index (χ0) is 13.1. The molecule has 0 aromatic carbocycles. The van der Waals surface area contributed by atoms with Crippen molar-refractivity contribution >= 4 is 18.6 Å². The van der Waals surface area contributed by atoms with Gasteiger partial charge in [0.15, 0.2) is 0 Å². The minimum Gasteiger partial charge on any atom is -0.234 e. The van der Waals surface area contributed by atoms with E-state index < -0.39 is 0 Å². The van der Waals surface area contributed by atoms with Gasteiger partial charge in [-0.15, -0.1) is 6.58 Å². The van der Waals surface area contributed by atoms with E-state index in [0.29, 0.717) is 17.6 Å². The summed E-state index contributed by atoms with van der Waals surface area (Å²) >= 11 is 4.21. The number of thiol groups is 1. The van der Waals surface area contributed by atoms with Crippen molar-refractivity contribution in [2.45, 2.75) is 33.1 Å². The third-order valence-electron chi connectivity index (χ3n) is 4.20. The molecule has 2 heteroatoms. The Morgan fingerprint density at radius 2 is 2.29 bits per heavy atom. The van der Waals surface area contributed by atoms with Gasteiger partial charge in [-0.25, -0.2) is 4.79 Å². The summed E-state index contributed by atoms with van der Waals surface area (Å²) in [6.45, 7) is 12.4. The first-order valence-electron chi connectivity index (χ1n) is 6.12. The lowest BCUT2D eigenvalue weighted by molar-refractivity contribution is 0.170. The van der Waals surface area contributed by atoms with Gasteiger partial charge in [0.25, 0.3) is 0 Å². The second-order valence-electron chi connectivity index (χ2n) is 5.37. The Morgan fingerprint density at radius 1 is 1.65 bits per heavy atom. The summed E-state index contributed by atoms with van der Waals surface area (Å²) in [7, 11) is 0. The van der Waals surface area contributed by atoms with Crippen molar-refractivity contribution in [3.05, 3.63) is 30.4 Å². The van der Waals surface area contributed by atoms with E-state index in [4.69, 9.17) is 0 Å². The first kappa shape index (κ1) is 14.3. The first-order valence-corrected chi connectivity index (χ1v) is 6.75. The summed E-state index contributed by atoms with van der Waals surface area (Å²) < 4.78 is 0. The molecule has 0 amide bonds. The van der Waals surface area contributed by atoms with Gasteiger partial charge in [-0.2, -0.15) is 12.6 Å². The molecular weight excluding hydrogens is 228 g/mol. The van der Waals surface area contributed by atoms with Gasteiger partial charge in [0, 0.05) is 11.3 Å². The largest absolute Gasteiger partial charge is 0.234 e. The molecule has 0 spiro atoms. The molecule has 1 rings (SSSR count). The summed E-state index contributed by atoms with van der Waals surface area (Å²) in [5.41, 5.74) is 2.11. The lowest BCUT2D eigenvalue weighted by Gasteiger charge is -2.43. The van der Waals surface area contributed by atoms with Crippen molar-refractivity contribution in [1.82, 2.24) is 0 Å². The van der Waals surface area contributed by atoms with Crippen molar-refractivity contribution in [1.29, 1.82) is 0 Å². The summed E-state index contributed by atoms with van der Waals surface area (Å²) in [6, 6.07) is 0. The number of allylic oxidation sites excluding steroid dienone is 2. The summed E-state index contributed by atoms with van der Waals surface area (Å²) in [6.07, 6.45) is 5.10. The predicted molar refractivity (Wildman–Crippen MR) is 77.0 cm³/mol. The highest BCUT2D eigenvalue weighted by Gasteiger charge is 2.39. The molecular formula is C15H22OS. The molecule has 0 aromatic rings. The van der Waals surface area contributed by atoms with Crippen LogP contribution in [-0.4, -0.2) is 11.7 Å². The van der Waals surface area contributed by atoms with E-state index in [1.807, 2.05) is 6.08 Å². The predicted octanol–water partition coefficient (Wildman–Crippen LogP) is 3.86. The topological polar surface area (TPSA) is 17.1 Å². The summed E-state index contributed by atoms with van der Waals surface area (Å²) in [4.78, 5) is 10.9. The van der Waals surface area contributed by atoms with E-state index in [9.17, 15) is 4.79 Å². The van der Waals surface area contributed by atoms with Crippen LogP contribution in [0.4, 0.5) is 0 Å². The monoisotopic (exact) mass is 250 g/mol. The van der Waals surface area contributed by atoms with Gasteiger partial charge in [-0.3, -0.25) is 0 Å². The van der Waals surface area contributed by atoms with Gasteiger partial charge in [0.1, 0.15) is 5.94 Å². The van der Waals surface area contributed by atoms with Gasteiger partial charge >= 0.3 is 0 Å². The van der Waals surface area contributed by atoms with Gasteiger partial charge in [-0.05, 0) is 43.4 Å². The maximum absolute atomic E-state index is 10.9. The molecule has 3 unspecified atom stereocenters. The maximum atomic E-state index is 10.9. The number of carbonyl (C=O) groups excluding carboxylic acids is 1. The molecule has 0 heterocycles. The van der Waals surface area contributed by atoms with Crippen molar-refractivity contribution in [3.8, 4) is 0 Å². The quantitative estimate of drug-likeness (QED) is 0.455. The van der Waals surface area contributed by atoms with E-state index in [1.54, 1.807) is 0 Å². The third kappa shape index (κ3) is 2.94. The normalized spacial score (nSPS) is 32.6. The molecule has 0 radical (unpaired) electrons. The Hall–Kier alpha value is -0.720. The molecule has 1 fully saturated rings. The zero-order valence-electron chi connectivity index (χ0n) is 10.8. The molecule has 3 atom stereocenters. The average molecular weight is 250 g/mol. The Labute approximate surface area is 110 Å². The molecule has 0 aromatic heterocycles. The van der Waals surface area contributed by atoms with Crippen LogP contribution in [0.3, 0.4) is 0 Å². The standard InChI is InChI=1S/C15H22OS/c1-5-15(4)7-6-12(13(9-16)10-17)8-14(15)11(2)3/h5,12,14,17H,1-2,6-8,10H2,3-4H3. The van der Waals surface area contributed by atoms with Crippen LogP contribution in [0.5, 0.6) is 0 Å². The fourth-order valence-electron chi connectivity index (χ4n) is 2.90. The second-order valence-corrected chi connectivity index (χ2v) is 5.68. The van der Waals surface area contributed by atoms with Crippen LogP contribution in [-0.2, 0) is 4.79 Å². The Bertz CT molecular complexity index is 365. The SMILES string of the molecule is C=CC1(C)CCC(C(=C=O)CS)CC1C(=C)C. The molecule has 1 saturated carbocycles.